The summed E-state index contributed by atoms with van der Waals surface area (Å²) in [5.41, 5.74) is 2.57. The fourth-order valence-corrected chi connectivity index (χ4v) is 1.46. The van der Waals surface area contributed by atoms with Crippen LogP contribution >= 0.6 is 0 Å². The molecule has 0 fully saturated rings. The number of ether oxygens (including phenoxy) is 1. The Morgan fingerprint density at radius 1 is 1.36 bits per heavy atom. The molecule has 0 aliphatic carbocycles. The number of nitrogens with zero attached hydrogens (tertiary/aromatic N) is 2. The number of rotatable bonds is 0. The Kier molecular flexibility index (Phi) is 1.84. The van der Waals surface area contributed by atoms with Gasteiger partial charge < -0.3 is 9.84 Å². The van der Waals surface area contributed by atoms with Gasteiger partial charge in [-0.25, -0.2) is 0 Å². The largest absolute Gasteiger partial charge is 0.508 e. The molecule has 0 amide bonds. The maximum Gasteiger partial charge on any atom is 0.199 e. The van der Waals surface area contributed by atoms with Gasteiger partial charge in [-0.3, -0.25) is 5.01 Å². The lowest BCUT2D eigenvalue weighted by Gasteiger charge is -2.23. The molecule has 0 spiro atoms. The smallest absolute Gasteiger partial charge is 0.199 e. The zero-order valence-electron chi connectivity index (χ0n) is 8.40. The lowest BCUT2D eigenvalue weighted by molar-refractivity contribution is 0.466. The average Bonchev–Trinajstić information content (AvgIpc) is 2.17. The van der Waals surface area contributed by atoms with Crippen LogP contribution in [0.5, 0.6) is 11.5 Å². The molecule has 1 N–H and O–H groups in total. The second kappa shape index (κ2) is 2.90. The number of hydrazone groups is 1. The van der Waals surface area contributed by atoms with Gasteiger partial charge in [0.25, 0.3) is 0 Å². The van der Waals surface area contributed by atoms with Crippen molar-refractivity contribution in [3.8, 4) is 11.5 Å². The third-order valence-corrected chi connectivity index (χ3v) is 2.53. The van der Waals surface area contributed by atoms with Gasteiger partial charge >= 0.3 is 0 Å². The van der Waals surface area contributed by atoms with Crippen LogP contribution in [0.25, 0.3) is 0 Å². The molecule has 0 aromatic heterocycles. The number of hydrogen-bond acceptors (Lipinski definition) is 4. The van der Waals surface area contributed by atoms with E-state index >= 15 is 0 Å². The average molecular weight is 192 g/mol. The fourth-order valence-electron chi connectivity index (χ4n) is 1.46. The SMILES string of the molecule is Cc1c(O)cc2c(c1C)OC=NN2C. The lowest BCUT2D eigenvalue weighted by atomic mass is 10.1. The minimum atomic E-state index is 0.272. The van der Waals surface area contributed by atoms with Crippen molar-refractivity contribution in [1.82, 2.24) is 0 Å². The second-order valence-electron chi connectivity index (χ2n) is 3.36. The van der Waals surface area contributed by atoms with E-state index in [-0.39, 0.29) is 5.75 Å². The van der Waals surface area contributed by atoms with Gasteiger partial charge in [-0.2, -0.15) is 0 Å². The molecular weight excluding hydrogens is 180 g/mol. The Morgan fingerprint density at radius 3 is 2.79 bits per heavy atom. The van der Waals surface area contributed by atoms with E-state index in [2.05, 4.69) is 5.10 Å². The lowest BCUT2D eigenvalue weighted by Crippen LogP contribution is -2.17. The van der Waals surface area contributed by atoms with Gasteiger partial charge in [-0.1, -0.05) is 0 Å². The van der Waals surface area contributed by atoms with Crippen LogP contribution in [0.15, 0.2) is 11.2 Å². The van der Waals surface area contributed by atoms with Crippen molar-refractivity contribution in [1.29, 1.82) is 0 Å². The number of hydrogen-bond donors (Lipinski definition) is 1. The zero-order valence-corrected chi connectivity index (χ0v) is 8.40. The van der Waals surface area contributed by atoms with E-state index in [9.17, 15) is 5.11 Å². The summed E-state index contributed by atoms with van der Waals surface area (Å²) >= 11 is 0. The number of benzene rings is 1. The van der Waals surface area contributed by atoms with Crippen LogP contribution in [0.2, 0.25) is 0 Å². The highest BCUT2D eigenvalue weighted by atomic mass is 16.5. The van der Waals surface area contributed by atoms with Crippen molar-refractivity contribution in [2.75, 3.05) is 12.1 Å². The van der Waals surface area contributed by atoms with Crippen molar-refractivity contribution in [3.63, 3.8) is 0 Å². The van der Waals surface area contributed by atoms with Crippen molar-refractivity contribution in [2.24, 2.45) is 5.10 Å². The molecule has 2 rings (SSSR count). The summed E-state index contributed by atoms with van der Waals surface area (Å²) in [5, 5.41) is 15.3. The van der Waals surface area contributed by atoms with Crippen LogP contribution in [0.1, 0.15) is 11.1 Å². The first-order valence-corrected chi connectivity index (χ1v) is 4.37. The van der Waals surface area contributed by atoms with Crippen LogP contribution in [-0.4, -0.2) is 18.6 Å². The van der Waals surface area contributed by atoms with E-state index in [0.717, 1.165) is 22.6 Å². The molecular formula is C10H12N2O2. The van der Waals surface area contributed by atoms with E-state index < -0.39 is 0 Å². The predicted molar refractivity (Wildman–Crippen MR) is 55.1 cm³/mol. The summed E-state index contributed by atoms with van der Waals surface area (Å²) in [6.07, 6.45) is 1.39. The van der Waals surface area contributed by atoms with Crippen LogP contribution in [0, 0.1) is 13.8 Å². The van der Waals surface area contributed by atoms with Crippen LogP contribution in [0.4, 0.5) is 5.69 Å². The first kappa shape index (κ1) is 8.87. The van der Waals surface area contributed by atoms with E-state index in [0.29, 0.717) is 0 Å². The van der Waals surface area contributed by atoms with Crippen LogP contribution in [-0.2, 0) is 0 Å². The van der Waals surface area contributed by atoms with Gasteiger partial charge in [-0.15, -0.1) is 5.10 Å². The molecule has 74 valence electrons. The third kappa shape index (κ3) is 1.11. The Morgan fingerprint density at radius 2 is 2.07 bits per heavy atom. The third-order valence-electron chi connectivity index (χ3n) is 2.53. The Labute approximate surface area is 82.4 Å². The maximum atomic E-state index is 9.64. The van der Waals surface area contributed by atoms with Crippen LogP contribution in [0.3, 0.4) is 0 Å². The molecule has 14 heavy (non-hydrogen) atoms. The van der Waals surface area contributed by atoms with E-state index in [1.54, 1.807) is 11.1 Å². The van der Waals surface area contributed by atoms with Crippen molar-refractivity contribution in [2.45, 2.75) is 13.8 Å². The molecule has 1 aromatic carbocycles. The van der Waals surface area contributed by atoms with E-state index in [1.807, 2.05) is 20.9 Å². The Hall–Kier alpha value is -1.71. The van der Waals surface area contributed by atoms with Gasteiger partial charge in [-0.05, 0) is 19.4 Å². The highest BCUT2D eigenvalue weighted by Crippen LogP contribution is 2.39. The summed E-state index contributed by atoms with van der Waals surface area (Å²) < 4.78 is 5.32. The molecule has 4 heteroatoms. The molecule has 0 saturated heterocycles. The summed E-state index contributed by atoms with van der Waals surface area (Å²) in [6.45, 7) is 3.78. The fraction of sp³-hybridized carbons (Fsp3) is 0.300. The quantitative estimate of drug-likeness (QED) is 0.681. The number of anilines is 1. The maximum absolute atomic E-state index is 9.64. The standard InChI is InChI=1S/C10H12N2O2/c1-6-7(2)10-8(4-9(6)13)12(3)11-5-14-10/h4-5,13H,1-3H3. The summed E-state index contributed by atoms with van der Waals surface area (Å²) in [5.74, 6) is 1.03. The Balaban J connectivity index is 2.67. The molecule has 1 aliphatic rings. The molecule has 4 nitrogen and oxygen atoms in total. The Bertz CT molecular complexity index is 413. The van der Waals surface area contributed by atoms with Gasteiger partial charge in [0.05, 0.1) is 0 Å². The van der Waals surface area contributed by atoms with E-state index in [4.69, 9.17) is 4.74 Å². The van der Waals surface area contributed by atoms with Gasteiger partial charge in [0.2, 0.25) is 0 Å². The molecule has 1 aromatic rings. The number of fused-ring (bicyclic) bond motifs is 1. The van der Waals surface area contributed by atoms with Crippen molar-refractivity contribution in [3.05, 3.63) is 17.2 Å². The number of phenolic OH excluding ortho intramolecular Hbond substituents is 1. The summed E-state index contributed by atoms with van der Waals surface area (Å²) in [7, 11) is 1.81. The van der Waals surface area contributed by atoms with E-state index in [1.165, 1.54) is 6.40 Å². The van der Waals surface area contributed by atoms with Gasteiger partial charge in [0.1, 0.15) is 11.4 Å². The van der Waals surface area contributed by atoms with Gasteiger partial charge in [0, 0.05) is 18.7 Å². The van der Waals surface area contributed by atoms with Crippen molar-refractivity contribution >= 4 is 12.1 Å². The molecule has 0 unspecified atom stereocenters. The van der Waals surface area contributed by atoms with Crippen molar-refractivity contribution < 1.29 is 9.84 Å². The normalized spacial score (nSPS) is 13.8. The van der Waals surface area contributed by atoms with Gasteiger partial charge in [0.15, 0.2) is 12.2 Å². The first-order chi connectivity index (χ1) is 6.61. The molecule has 1 heterocycles. The number of phenols is 1. The highest BCUT2D eigenvalue weighted by Gasteiger charge is 2.18. The first-order valence-electron chi connectivity index (χ1n) is 4.37. The molecule has 0 bridgehead atoms. The molecule has 1 aliphatic heterocycles. The zero-order chi connectivity index (χ0) is 10.3. The highest BCUT2D eigenvalue weighted by molar-refractivity contribution is 5.73. The second-order valence-corrected chi connectivity index (χ2v) is 3.36. The molecule has 0 atom stereocenters. The molecule has 0 radical (unpaired) electrons. The summed E-state index contributed by atoms with van der Waals surface area (Å²) in [6, 6.07) is 1.66. The minimum absolute atomic E-state index is 0.272. The topological polar surface area (TPSA) is 45.1 Å². The minimum Gasteiger partial charge on any atom is -0.508 e. The number of aromatic hydroxyl groups is 1. The monoisotopic (exact) mass is 192 g/mol. The predicted octanol–water partition coefficient (Wildman–Crippen LogP) is 1.78. The summed E-state index contributed by atoms with van der Waals surface area (Å²) in [4.78, 5) is 0. The molecule has 0 saturated carbocycles. The van der Waals surface area contributed by atoms with Crippen LogP contribution < -0.4 is 9.75 Å².